The molecule has 0 saturated heterocycles. The normalized spacial score (nSPS) is 10.2. The standard InChI is InChI=1S/C13H13ClN2O/c1-15-8-10-4-2-3-5-12(10)17-13-6-7-16-9-11(13)14/h2-7,9,15H,8H2,1H3. The van der Waals surface area contributed by atoms with E-state index in [2.05, 4.69) is 10.3 Å². The van der Waals surface area contributed by atoms with Crippen molar-refractivity contribution in [3.8, 4) is 11.5 Å². The van der Waals surface area contributed by atoms with Crippen LogP contribution in [0.15, 0.2) is 42.7 Å². The highest BCUT2D eigenvalue weighted by Gasteiger charge is 2.06. The van der Waals surface area contributed by atoms with Gasteiger partial charge in [-0.05, 0) is 13.1 Å². The van der Waals surface area contributed by atoms with Crippen LogP contribution in [-0.2, 0) is 6.54 Å². The summed E-state index contributed by atoms with van der Waals surface area (Å²) in [5, 5.41) is 3.61. The van der Waals surface area contributed by atoms with Crippen molar-refractivity contribution in [2.45, 2.75) is 6.54 Å². The molecule has 0 spiro atoms. The Morgan fingerprint density at radius 3 is 2.82 bits per heavy atom. The summed E-state index contributed by atoms with van der Waals surface area (Å²) >= 11 is 6.00. The minimum absolute atomic E-state index is 0.506. The predicted molar refractivity (Wildman–Crippen MR) is 68.5 cm³/mol. The third kappa shape index (κ3) is 2.96. The lowest BCUT2D eigenvalue weighted by molar-refractivity contribution is 0.474. The molecule has 0 radical (unpaired) electrons. The fourth-order valence-electron chi connectivity index (χ4n) is 1.50. The van der Waals surface area contributed by atoms with Crippen molar-refractivity contribution in [2.24, 2.45) is 0 Å². The average Bonchev–Trinajstić information content (AvgIpc) is 2.35. The molecule has 1 N–H and O–H groups in total. The molecule has 2 rings (SSSR count). The molecule has 3 nitrogen and oxygen atoms in total. The lowest BCUT2D eigenvalue weighted by Crippen LogP contribution is -2.06. The summed E-state index contributed by atoms with van der Waals surface area (Å²) in [4.78, 5) is 3.92. The van der Waals surface area contributed by atoms with E-state index in [9.17, 15) is 0 Å². The first-order valence-corrected chi connectivity index (χ1v) is 5.69. The summed E-state index contributed by atoms with van der Waals surface area (Å²) in [6.07, 6.45) is 3.22. The molecule has 17 heavy (non-hydrogen) atoms. The molecule has 0 bridgehead atoms. The molecule has 88 valence electrons. The van der Waals surface area contributed by atoms with Gasteiger partial charge in [-0.25, -0.2) is 0 Å². The second kappa shape index (κ2) is 5.66. The van der Waals surface area contributed by atoms with Crippen molar-refractivity contribution >= 4 is 11.6 Å². The Morgan fingerprint density at radius 2 is 2.06 bits per heavy atom. The number of ether oxygens (including phenoxy) is 1. The van der Waals surface area contributed by atoms with Crippen LogP contribution in [0.25, 0.3) is 0 Å². The summed E-state index contributed by atoms with van der Waals surface area (Å²) in [6, 6.07) is 9.60. The van der Waals surface area contributed by atoms with Gasteiger partial charge in [-0.2, -0.15) is 0 Å². The van der Waals surface area contributed by atoms with Crippen LogP contribution in [0.4, 0.5) is 0 Å². The smallest absolute Gasteiger partial charge is 0.149 e. The Morgan fingerprint density at radius 1 is 1.24 bits per heavy atom. The van der Waals surface area contributed by atoms with Crippen LogP contribution in [-0.4, -0.2) is 12.0 Å². The van der Waals surface area contributed by atoms with E-state index in [1.165, 1.54) is 0 Å². The monoisotopic (exact) mass is 248 g/mol. The van der Waals surface area contributed by atoms with E-state index in [4.69, 9.17) is 16.3 Å². The van der Waals surface area contributed by atoms with Gasteiger partial charge >= 0.3 is 0 Å². The zero-order valence-corrected chi connectivity index (χ0v) is 10.2. The number of rotatable bonds is 4. The summed E-state index contributed by atoms with van der Waals surface area (Å²) < 4.78 is 5.78. The lowest BCUT2D eigenvalue weighted by atomic mass is 10.2. The summed E-state index contributed by atoms with van der Waals surface area (Å²) in [6.45, 7) is 0.749. The molecule has 0 aliphatic rings. The molecule has 1 aromatic heterocycles. The Bertz CT molecular complexity index is 502. The van der Waals surface area contributed by atoms with Crippen LogP contribution in [0.1, 0.15) is 5.56 Å². The zero-order chi connectivity index (χ0) is 12.1. The van der Waals surface area contributed by atoms with Crippen LogP contribution >= 0.6 is 11.6 Å². The van der Waals surface area contributed by atoms with Gasteiger partial charge in [0.05, 0.1) is 0 Å². The maximum absolute atomic E-state index is 6.00. The molecule has 1 aromatic carbocycles. The summed E-state index contributed by atoms with van der Waals surface area (Å²) in [5.41, 5.74) is 1.09. The van der Waals surface area contributed by atoms with Gasteiger partial charge in [-0.3, -0.25) is 4.98 Å². The number of pyridine rings is 1. The van der Waals surface area contributed by atoms with Crippen molar-refractivity contribution in [2.75, 3.05) is 7.05 Å². The van der Waals surface area contributed by atoms with E-state index >= 15 is 0 Å². The van der Waals surface area contributed by atoms with Crippen LogP contribution in [0, 0.1) is 0 Å². The van der Waals surface area contributed by atoms with E-state index in [1.807, 2.05) is 31.3 Å². The van der Waals surface area contributed by atoms with Crippen molar-refractivity contribution < 1.29 is 4.74 Å². The fraction of sp³-hybridized carbons (Fsp3) is 0.154. The fourth-order valence-corrected chi connectivity index (χ4v) is 1.66. The van der Waals surface area contributed by atoms with Crippen molar-refractivity contribution in [3.63, 3.8) is 0 Å². The highest BCUT2D eigenvalue weighted by molar-refractivity contribution is 6.31. The Labute approximate surface area is 105 Å². The summed E-state index contributed by atoms with van der Waals surface area (Å²) in [7, 11) is 1.90. The zero-order valence-electron chi connectivity index (χ0n) is 9.48. The number of halogens is 1. The molecule has 0 amide bonds. The Hall–Kier alpha value is -1.58. The van der Waals surface area contributed by atoms with E-state index in [1.54, 1.807) is 18.5 Å². The minimum atomic E-state index is 0.506. The quantitative estimate of drug-likeness (QED) is 0.902. The van der Waals surface area contributed by atoms with E-state index in [0.717, 1.165) is 17.9 Å². The number of para-hydroxylation sites is 1. The largest absolute Gasteiger partial charge is 0.455 e. The van der Waals surface area contributed by atoms with E-state index in [0.29, 0.717) is 10.8 Å². The number of aromatic nitrogens is 1. The lowest BCUT2D eigenvalue weighted by Gasteiger charge is -2.11. The average molecular weight is 249 g/mol. The third-order valence-electron chi connectivity index (χ3n) is 2.29. The number of nitrogens with zero attached hydrogens (tertiary/aromatic N) is 1. The van der Waals surface area contributed by atoms with Gasteiger partial charge in [0.15, 0.2) is 0 Å². The molecule has 4 heteroatoms. The maximum atomic E-state index is 6.00. The molecule has 0 unspecified atom stereocenters. The van der Waals surface area contributed by atoms with Crippen molar-refractivity contribution in [1.82, 2.24) is 10.3 Å². The van der Waals surface area contributed by atoms with Crippen LogP contribution in [0.2, 0.25) is 5.02 Å². The topological polar surface area (TPSA) is 34.1 Å². The first kappa shape index (κ1) is 11.9. The van der Waals surface area contributed by atoms with Crippen molar-refractivity contribution in [3.05, 3.63) is 53.3 Å². The number of benzene rings is 1. The predicted octanol–water partition coefficient (Wildman–Crippen LogP) is 3.25. The molecule has 2 aromatic rings. The van der Waals surface area contributed by atoms with Gasteiger partial charge in [0.25, 0.3) is 0 Å². The maximum Gasteiger partial charge on any atom is 0.149 e. The Kier molecular flexibility index (Phi) is 3.96. The number of nitrogens with one attached hydrogen (secondary N) is 1. The van der Waals surface area contributed by atoms with Crippen LogP contribution < -0.4 is 10.1 Å². The van der Waals surface area contributed by atoms with Gasteiger partial charge in [-0.1, -0.05) is 29.8 Å². The first-order chi connectivity index (χ1) is 8.31. The van der Waals surface area contributed by atoms with Gasteiger partial charge in [0, 0.05) is 30.6 Å². The molecule has 0 saturated carbocycles. The van der Waals surface area contributed by atoms with Crippen LogP contribution in [0.3, 0.4) is 0 Å². The van der Waals surface area contributed by atoms with Gasteiger partial charge < -0.3 is 10.1 Å². The molecular formula is C13H13ClN2O. The molecule has 0 atom stereocenters. The van der Waals surface area contributed by atoms with Gasteiger partial charge in [0.2, 0.25) is 0 Å². The van der Waals surface area contributed by atoms with E-state index < -0.39 is 0 Å². The molecule has 0 aliphatic heterocycles. The highest BCUT2D eigenvalue weighted by atomic mass is 35.5. The number of hydrogen-bond donors (Lipinski definition) is 1. The second-order valence-electron chi connectivity index (χ2n) is 3.55. The van der Waals surface area contributed by atoms with Gasteiger partial charge in [-0.15, -0.1) is 0 Å². The number of hydrogen-bond acceptors (Lipinski definition) is 3. The molecule has 0 aliphatic carbocycles. The Balaban J connectivity index is 2.27. The van der Waals surface area contributed by atoms with Crippen LogP contribution in [0.5, 0.6) is 11.5 Å². The summed E-state index contributed by atoms with van der Waals surface area (Å²) in [5.74, 6) is 1.42. The van der Waals surface area contributed by atoms with Crippen molar-refractivity contribution in [1.29, 1.82) is 0 Å². The van der Waals surface area contributed by atoms with E-state index in [-0.39, 0.29) is 0 Å². The molecule has 0 fully saturated rings. The first-order valence-electron chi connectivity index (χ1n) is 5.31. The van der Waals surface area contributed by atoms with Gasteiger partial charge in [0.1, 0.15) is 16.5 Å². The SMILES string of the molecule is CNCc1ccccc1Oc1ccncc1Cl. The minimum Gasteiger partial charge on any atom is -0.455 e. The molecular weight excluding hydrogens is 236 g/mol. The molecule has 1 heterocycles. The second-order valence-corrected chi connectivity index (χ2v) is 3.95. The highest BCUT2D eigenvalue weighted by Crippen LogP contribution is 2.30. The third-order valence-corrected chi connectivity index (χ3v) is 2.58.